The first-order valence-corrected chi connectivity index (χ1v) is 15.5. The number of rotatable bonds is 8. The highest BCUT2D eigenvalue weighted by molar-refractivity contribution is 9.10. The van der Waals surface area contributed by atoms with E-state index in [1.165, 1.54) is 0 Å². The maximum absolute atomic E-state index is 14.5. The molecule has 1 heterocycles. The van der Waals surface area contributed by atoms with Crippen LogP contribution in [0, 0.1) is 0 Å². The molecule has 45 heavy (non-hydrogen) atoms. The monoisotopic (exact) mass is 672 g/mol. The van der Waals surface area contributed by atoms with Crippen LogP contribution in [0.3, 0.4) is 0 Å². The lowest BCUT2D eigenvalue weighted by Crippen LogP contribution is -2.55. The van der Waals surface area contributed by atoms with Crippen LogP contribution in [0.25, 0.3) is 10.8 Å². The number of nitrogens with one attached hydrogen (secondary N) is 2. The maximum atomic E-state index is 14.5. The second kappa shape index (κ2) is 13.0. The number of fused-ring (bicyclic) bond motifs is 2. The molecular formula is C35H37BrN4O5. The summed E-state index contributed by atoms with van der Waals surface area (Å²) in [6.45, 7) is 5.11. The Balaban J connectivity index is 1.63. The molecule has 1 aliphatic rings. The summed E-state index contributed by atoms with van der Waals surface area (Å²) in [7, 11) is 3.26. The second-order valence-electron chi connectivity index (χ2n) is 11.6. The van der Waals surface area contributed by atoms with Gasteiger partial charge in [-0.1, -0.05) is 52.3 Å². The molecule has 0 fully saturated rings. The van der Waals surface area contributed by atoms with Gasteiger partial charge in [0.05, 0.1) is 43.2 Å². The Hall–Kier alpha value is -4.25. The predicted molar refractivity (Wildman–Crippen MR) is 180 cm³/mol. The summed E-state index contributed by atoms with van der Waals surface area (Å²) in [6.07, 6.45) is 0. The molecule has 4 aromatic carbocycles. The number of likely N-dealkylation sites (N-methyl/N-ethyl adjacent to an activating group) is 1. The van der Waals surface area contributed by atoms with Gasteiger partial charge in [0.2, 0.25) is 5.91 Å². The average molecular weight is 674 g/mol. The Labute approximate surface area is 271 Å². The van der Waals surface area contributed by atoms with E-state index in [9.17, 15) is 19.5 Å². The minimum absolute atomic E-state index is 0.0831. The van der Waals surface area contributed by atoms with Crippen molar-refractivity contribution in [2.45, 2.75) is 45.0 Å². The topological polar surface area (TPSA) is 111 Å². The molecule has 0 aliphatic carbocycles. The summed E-state index contributed by atoms with van der Waals surface area (Å²) in [6, 6.07) is 22.2. The molecule has 4 aromatic rings. The van der Waals surface area contributed by atoms with Crippen molar-refractivity contribution in [3.63, 3.8) is 0 Å². The number of anilines is 2. The molecule has 3 N–H and O–H groups in total. The molecule has 5 rings (SSSR count). The van der Waals surface area contributed by atoms with Gasteiger partial charge in [0.15, 0.2) is 0 Å². The zero-order chi connectivity index (χ0) is 32.5. The molecule has 0 bridgehead atoms. The Morgan fingerprint density at radius 3 is 2.38 bits per heavy atom. The first kappa shape index (κ1) is 32.2. The molecule has 0 radical (unpaired) electrons. The third-order valence-corrected chi connectivity index (χ3v) is 8.70. The van der Waals surface area contributed by atoms with Crippen molar-refractivity contribution in [1.29, 1.82) is 0 Å². The van der Waals surface area contributed by atoms with Gasteiger partial charge < -0.3 is 30.3 Å². The van der Waals surface area contributed by atoms with Crippen molar-refractivity contribution in [2.24, 2.45) is 0 Å². The van der Waals surface area contributed by atoms with Gasteiger partial charge in [-0.2, -0.15) is 0 Å². The fourth-order valence-corrected chi connectivity index (χ4v) is 5.89. The molecule has 2 atom stereocenters. The fourth-order valence-electron chi connectivity index (χ4n) is 5.51. The number of carbonyl (C=O) groups excluding carboxylic acids is 3. The van der Waals surface area contributed by atoms with E-state index in [2.05, 4.69) is 26.6 Å². The molecule has 0 spiro atoms. The lowest BCUT2D eigenvalue weighted by atomic mass is 9.97. The lowest BCUT2D eigenvalue weighted by Gasteiger charge is -2.27. The summed E-state index contributed by atoms with van der Waals surface area (Å²) in [5, 5.41) is 18.1. The number of ether oxygens (including phenoxy) is 1. The van der Waals surface area contributed by atoms with Crippen molar-refractivity contribution >= 4 is 55.8 Å². The highest BCUT2D eigenvalue weighted by Crippen LogP contribution is 2.38. The van der Waals surface area contributed by atoms with Gasteiger partial charge in [-0.15, -0.1) is 0 Å². The number of methoxy groups -OCH3 is 1. The largest absolute Gasteiger partial charge is 0.496 e. The molecule has 0 saturated carbocycles. The van der Waals surface area contributed by atoms with Crippen molar-refractivity contribution in [2.75, 3.05) is 30.5 Å². The number of amides is 3. The number of benzene rings is 4. The van der Waals surface area contributed by atoms with E-state index in [0.29, 0.717) is 28.3 Å². The molecule has 10 heteroatoms. The van der Waals surface area contributed by atoms with Gasteiger partial charge in [-0.05, 0) is 86.6 Å². The first-order valence-electron chi connectivity index (χ1n) is 14.7. The Bertz CT molecular complexity index is 1750. The summed E-state index contributed by atoms with van der Waals surface area (Å²) in [5.41, 5.74) is 1.83. The second-order valence-corrected chi connectivity index (χ2v) is 12.6. The molecule has 0 unspecified atom stereocenters. The molecule has 1 aliphatic heterocycles. The van der Waals surface area contributed by atoms with Crippen molar-refractivity contribution < 1.29 is 24.2 Å². The highest BCUT2D eigenvalue weighted by Gasteiger charge is 2.38. The van der Waals surface area contributed by atoms with Crippen molar-refractivity contribution in [3.05, 3.63) is 100 Å². The van der Waals surface area contributed by atoms with Gasteiger partial charge in [-0.25, -0.2) is 0 Å². The Morgan fingerprint density at radius 1 is 1.04 bits per heavy atom. The first-order chi connectivity index (χ1) is 21.4. The average Bonchev–Trinajstić information content (AvgIpc) is 3.14. The Kier molecular flexibility index (Phi) is 9.29. The summed E-state index contributed by atoms with van der Waals surface area (Å²) in [5.74, 6) is -0.448. The highest BCUT2D eigenvalue weighted by atomic mass is 79.9. The van der Waals surface area contributed by atoms with Gasteiger partial charge in [0.25, 0.3) is 11.8 Å². The van der Waals surface area contributed by atoms with Gasteiger partial charge in [0.1, 0.15) is 11.8 Å². The summed E-state index contributed by atoms with van der Waals surface area (Å²) >= 11 is 3.54. The number of aliphatic hydroxyl groups is 1. The zero-order valence-electron chi connectivity index (χ0n) is 25.9. The maximum Gasteiger partial charge on any atom is 0.258 e. The molecule has 3 amide bonds. The van der Waals surface area contributed by atoms with E-state index in [1.807, 2.05) is 42.5 Å². The zero-order valence-corrected chi connectivity index (χ0v) is 27.5. The summed E-state index contributed by atoms with van der Waals surface area (Å²) in [4.78, 5) is 44.9. The Morgan fingerprint density at radius 2 is 1.73 bits per heavy atom. The molecular weight excluding hydrogens is 636 g/mol. The number of para-hydroxylation sites is 2. The fraction of sp³-hybridized carbons (Fsp3) is 0.286. The third-order valence-electron chi connectivity index (χ3n) is 8.21. The van der Waals surface area contributed by atoms with Gasteiger partial charge in [-0.3, -0.25) is 14.4 Å². The van der Waals surface area contributed by atoms with Crippen LogP contribution in [-0.4, -0.2) is 55.6 Å². The van der Waals surface area contributed by atoms with Crippen LogP contribution in [0.4, 0.5) is 11.4 Å². The molecule has 234 valence electrons. The van der Waals surface area contributed by atoms with Crippen LogP contribution < -0.4 is 25.2 Å². The number of hydrogen-bond acceptors (Lipinski definition) is 6. The van der Waals surface area contributed by atoms with E-state index < -0.39 is 17.7 Å². The van der Waals surface area contributed by atoms with Crippen molar-refractivity contribution in [3.8, 4) is 5.75 Å². The van der Waals surface area contributed by atoms with Crippen LogP contribution >= 0.6 is 15.9 Å². The predicted octanol–water partition coefficient (Wildman–Crippen LogP) is 5.12. The van der Waals surface area contributed by atoms with Crippen LogP contribution in [0.1, 0.15) is 42.3 Å². The molecule has 0 aromatic heterocycles. The normalized spacial score (nSPS) is 15.8. The van der Waals surface area contributed by atoms with Gasteiger partial charge >= 0.3 is 0 Å². The summed E-state index contributed by atoms with van der Waals surface area (Å²) < 4.78 is 6.68. The van der Waals surface area contributed by atoms with E-state index in [4.69, 9.17) is 4.74 Å². The van der Waals surface area contributed by atoms with E-state index in [0.717, 1.165) is 20.8 Å². The van der Waals surface area contributed by atoms with Crippen LogP contribution in [0.15, 0.2) is 83.3 Å². The van der Waals surface area contributed by atoms with Crippen LogP contribution in [-0.2, 0) is 21.7 Å². The van der Waals surface area contributed by atoms with E-state index in [-0.39, 0.29) is 30.8 Å². The number of carbonyl (C=O) groups is 3. The number of halogens is 1. The van der Waals surface area contributed by atoms with Crippen LogP contribution in [0.2, 0.25) is 0 Å². The number of nitrogens with zero attached hydrogens (tertiary/aromatic N) is 2. The van der Waals surface area contributed by atoms with E-state index >= 15 is 0 Å². The quantitative estimate of drug-likeness (QED) is 0.240. The minimum Gasteiger partial charge on any atom is -0.496 e. The standard InChI is InChI=1S/C35H37BrN4O5/c1-21(37-4)32(41)38-28-20-40(33(42)22-10-13-24(14-11-22)35(2,3)44)30-9-7-6-8-29(30)39(34(28)43)19-27-26-16-15-25(36)18-23(26)12-17-31(27)45-5/h6-18,21,28,37,44H,19-20H2,1-5H3,(H,38,41)/t21-,28-/m0/s1. The smallest absolute Gasteiger partial charge is 0.258 e. The van der Waals surface area contributed by atoms with Gasteiger partial charge in [0, 0.05) is 15.6 Å². The van der Waals surface area contributed by atoms with E-state index in [1.54, 1.807) is 81.1 Å². The number of hydrogen-bond donors (Lipinski definition) is 3. The van der Waals surface area contributed by atoms with Crippen molar-refractivity contribution in [1.82, 2.24) is 10.6 Å². The minimum atomic E-state index is -1.07. The van der Waals surface area contributed by atoms with Crippen LogP contribution in [0.5, 0.6) is 5.75 Å². The molecule has 9 nitrogen and oxygen atoms in total. The lowest BCUT2D eigenvalue weighted by molar-refractivity contribution is -0.128. The third kappa shape index (κ3) is 6.58. The SMILES string of the molecule is CN[C@@H](C)C(=O)N[C@H]1CN(C(=O)c2ccc(C(C)(C)O)cc2)c2ccccc2N(Cc2c(OC)ccc3cc(Br)ccc23)C1=O. The molecule has 0 saturated heterocycles.